The molecule has 1 saturated carbocycles. The maximum Gasteiger partial charge on any atom is 0.191 e. The molecule has 0 aromatic carbocycles. The van der Waals surface area contributed by atoms with Crippen molar-refractivity contribution in [2.75, 3.05) is 40.8 Å². The number of aliphatic imine (C=N–C) groups is 1. The van der Waals surface area contributed by atoms with Crippen LogP contribution in [-0.4, -0.2) is 74.2 Å². The molecule has 2 N–H and O–H groups in total. The van der Waals surface area contributed by atoms with Crippen molar-refractivity contribution in [1.29, 1.82) is 0 Å². The Morgan fingerprint density at radius 3 is 2.39 bits per heavy atom. The maximum absolute atomic E-state index is 4.46. The lowest BCUT2D eigenvalue weighted by atomic mass is 9.96. The van der Waals surface area contributed by atoms with Crippen molar-refractivity contribution in [1.82, 2.24) is 20.4 Å². The Morgan fingerprint density at radius 1 is 1.26 bits per heavy atom. The fraction of sp³-hybridized carbons (Fsp3) is 0.944. The van der Waals surface area contributed by atoms with Gasteiger partial charge in [0.2, 0.25) is 0 Å². The number of guanidine groups is 1. The van der Waals surface area contributed by atoms with Gasteiger partial charge in [-0.05, 0) is 46.7 Å². The number of rotatable bonds is 5. The molecule has 0 spiro atoms. The molecule has 2 atom stereocenters. The van der Waals surface area contributed by atoms with Gasteiger partial charge in [-0.2, -0.15) is 0 Å². The third kappa shape index (κ3) is 4.38. The molecule has 2 fully saturated rings. The molecule has 1 aliphatic heterocycles. The van der Waals surface area contributed by atoms with Crippen LogP contribution in [0.3, 0.4) is 0 Å². The number of hydrogen-bond donors (Lipinski definition) is 2. The summed E-state index contributed by atoms with van der Waals surface area (Å²) in [5.41, 5.74) is 0.295. The Labute approximate surface area is 142 Å². The molecular weight excluding hydrogens is 286 g/mol. The summed E-state index contributed by atoms with van der Waals surface area (Å²) >= 11 is 0. The molecule has 2 rings (SSSR count). The van der Waals surface area contributed by atoms with Gasteiger partial charge >= 0.3 is 0 Å². The van der Waals surface area contributed by atoms with Gasteiger partial charge in [-0.25, -0.2) is 0 Å². The Kier molecular flexibility index (Phi) is 6.32. The molecule has 1 heterocycles. The van der Waals surface area contributed by atoms with Crippen LogP contribution in [0.25, 0.3) is 0 Å². The van der Waals surface area contributed by atoms with E-state index in [-0.39, 0.29) is 0 Å². The topological polar surface area (TPSA) is 42.9 Å². The molecule has 1 aliphatic carbocycles. The highest BCUT2D eigenvalue weighted by Crippen LogP contribution is 2.33. The zero-order chi connectivity index (χ0) is 17.0. The molecule has 134 valence electrons. The Morgan fingerprint density at radius 2 is 1.91 bits per heavy atom. The van der Waals surface area contributed by atoms with Crippen molar-refractivity contribution in [3.63, 3.8) is 0 Å². The Hall–Kier alpha value is -0.810. The summed E-state index contributed by atoms with van der Waals surface area (Å²) in [4.78, 5) is 9.42. The minimum Gasteiger partial charge on any atom is -0.355 e. The van der Waals surface area contributed by atoms with Gasteiger partial charge in [0.15, 0.2) is 5.96 Å². The third-order valence-corrected chi connectivity index (χ3v) is 5.98. The monoisotopic (exact) mass is 323 g/mol. The number of likely N-dealkylation sites (N-methyl/N-ethyl adjacent to an activating group) is 1. The predicted octanol–water partition coefficient (Wildman–Crippen LogP) is 1.75. The number of nitrogens with one attached hydrogen (secondary N) is 2. The second kappa shape index (κ2) is 7.84. The summed E-state index contributed by atoms with van der Waals surface area (Å²) in [7, 11) is 6.30. The van der Waals surface area contributed by atoms with Crippen molar-refractivity contribution in [2.24, 2.45) is 10.9 Å². The summed E-state index contributed by atoms with van der Waals surface area (Å²) in [5.74, 6) is 1.62. The van der Waals surface area contributed by atoms with Crippen molar-refractivity contribution in [2.45, 2.75) is 64.1 Å². The van der Waals surface area contributed by atoms with Gasteiger partial charge in [-0.3, -0.25) is 9.89 Å². The first-order valence-electron chi connectivity index (χ1n) is 9.26. The lowest BCUT2D eigenvalue weighted by Crippen LogP contribution is -2.54. The highest BCUT2D eigenvalue weighted by molar-refractivity contribution is 5.80. The van der Waals surface area contributed by atoms with Crippen LogP contribution in [0.1, 0.15) is 46.5 Å². The first kappa shape index (κ1) is 18.5. The molecule has 0 radical (unpaired) electrons. The number of nitrogens with zero attached hydrogens (tertiary/aromatic N) is 3. The van der Waals surface area contributed by atoms with Gasteiger partial charge in [0.25, 0.3) is 0 Å². The molecule has 0 amide bonds. The van der Waals surface area contributed by atoms with Gasteiger partial charge in [0, 0.05) is 44.3 Å². The molecule has 5 nitrogen and oxygen atoms in total. The first-order chi connectivity index (χ1) is 10.9. The van der Waals surface area contributed by atoms with Crippen molar-refractivity contribution >= 4 is 5.96 Å². The lowest BCUT2D eigenvalue weighted by molar-refractivity contribution is 0.160. The van der Waals surface area contributed by atoms with E-state index in [9.17, 15) is 0 Å². The highest BCUT2D eigenvalue weighted by Gasteiger charge is 2.36. The molecule has 0 aromatic rings. The Bertz CT molecular complexity index is 398. The SMILES string of the molecule is CN=C(NCC1(N(C)C)CCCC1)NC1CN(C(C)C)CC1C. The fourth-order valence-corrected chi connectivity index (χ4v) is 4.05. The normalized spacial score (nSPS) is 28.8. The van der Waals surface area contributed by atoms with E-state index in [0.29, 0.717) is 23.5 Å². The largest absolute Gasteiger partial charge is 0.355 e. The highest BCUT2D eigenvalue weighted by atomic mass is 15.3. The van der Waals surface area contributed by atoms with E-state index in [0.717, 1.165) is 19.0 Å². The predicted molar refractivity (Wildman–Crippen MR) is 99.0 cm³/mol. The van der Waals surface area contributed by atoms with Crippen LogP contribution in [0, 0.1) is 5.92 Å². The van der Waals surface area contributed by atoms with Crippen LogP contribution in [0.5, 0.6) is 0 Å². The third-order valence-electron chi connectivity index (χ3n) is 5.98. The minimum absolute atomic E-state index is 0.295. The smallest absolute Gasteiger partial charge is 0.191 e. The molecule has 23 heavy (non-hydrogen) atoms. The van der Waals surface area contributed by atoms with E-state index in [1.54, 1.807) is 0 Å². The minimum atomic E-state index is 0.295. The zero-order valence-corrected chi connectivity index (χ0v) is 16.0. The van der Waals surface area contributed by atoms with Crippen molar-refractivity contribution < 1.29 is 0 Å². The summed E-state index contributed by atoms with van der Waals surface area (Å²) in [6.07, 6.45) is 5.25. The average molecular weight is 324 g/mol. The maximum atomic E-state index is 4.46. The first-order valence-corrected chi connectivity index (χ1v) is 9.26. The van der Waals surface area contributed by atoms with Crippen LogP contribution in [0.15, 0.2) is 4.99 Å². The van der Waals surface area contributed by atoms with E-state index in [2.05, 4.69) is 60.3 Å². The molecular formula is C18H37N5. The van der Waals surface area contributed by atoms with Gasteiger partial charge in [-0.15, -0.1) is 0 Å². The molecule has 2 aliphatic rings. The molecule has 0 aromatic heterocycles. The number of likely N-dealkylation sites (tertiary alicyclic amines) is 1. The number of hydrogen-bond acceptors (Lipinski definition) is 3. The summed E-state index contributed by atoms with van der Waals surface area (Å²) in [6, 6.07) is 1.11. The molecule has 1 saturated heterocycles. The van der Waals surface area contributed by atoms with Gasteiger partial charge in [0.05, 0.1) is 0 Å². The standard InChI is InChI=1S/C18H37N5/c1-14(2)23-11-15(3)16(12-23)21-17(19-4)20-13-18(22(5)6)9-7-8-10-18/h14-16H,7-13H2,1-6H3,(H2,19,20,21). The van der Waals surface area contributed by atoms with E-state index in [4.69, 9.17) is 0 Å². The quantitative estimate of drug-likeness (QED) is 0.598. The second-order valence-electron chi connectivity index (χ2n) is 8.03. The second-order valence-corrected chi connectivity index (χ2v) is 8.03. The molecule has 0 bridgehead atoms. The van der Waals surface area contributed by atoms with E-state index in [1.807, 2.05) is 7.05 Å². The summed E-state index contributed by atoms with van der Waals surface area (Å²) in [5, 5.41) is 7.26. The Balaban J connectivity index is 1.89. The van der Waals surface area contributed by atoms with E-state index >= 15 is 0 Å². The van der Waals surface area contributed by atoms with E-state index < -0.39 is 0 Å². The summed E-state index contributed by atoms with van der Waals surface area (Å²) < 4.78 is 0. The van der Waals surface area contributed by atoms with Crippen LogP contribution < -0.4 is 10.6 Å². The van der Waals surface area contributed by atoms with Gasteiger partial charge in [0.1, 0.15) is 0 Å². The molecule has 5 heteroatoms. The van der Waals surface area contributed by atoms with Crippen molar-refractivity contribution in [3.05, 3.63) is 0 Å². The van der Waals surface area contributed by atoms with Crippen LogP contribution in [0.2, 0.25) is 0 Å². The van der Waals surface area contributed by atoms with Crippen molar-refractivity contribution in [3.8, 4) is 0 Å². The van der Waals surface area contributed by atoms with Crippen LogP contribution >= 0.6 is 0 Å². The van der Waals surface area contributed by atoms with Gasteiger partial charge in [-0.1, -0.05) is 19.8 Å². The van der Waals surface area contributed by atoms with Crippen LogP contribution in [-0.2, 0) is 0 Å². The van der Waals surface area contributed by atoms with E-state index in [1.165, 1.54) is 32.2 Å². The summed E-state index contributed by atoms with van der Waals surface area (Å²) in [6.45, 7) is 10.2. The zero-order valence-electron chi connectivity index (χ0n) is 16.0. The molecule has 2 unspecified atom stereocenters. The fourth-order valence-electron chi connectivity index (χ4n) is 4.05. The average Bonchev–Trinajstić information content (AvgIpc) is 3.11. The van der Waals surface area contributed by atoms with Crippen LogP contribution in [0.4, 0.5) is 0 Å². The lowest BCUT2D eigenvalue weighted by Gasteiger charge is -2.37. The van der Waals surface area contributed by atoms with Gasteiger partial charge < -0.3 is 15.5 Å².